The van der Waals surface area contributed by atoms with E-state index in [0.29, 0.717) is 12.4 Å². The van der Waals surface area contributed by atoms with E-state index >= 15 is 0 Å². The van der Waals surface area contributed by atoms with Gasteiger partial charge in [-0.25, -0.2) is 0 Å². The molecule has 2 heterocycles. The fourth-order valence-electron chi connectivity index (χ4n) is 1.94. The van der Waals surface area contributed by atoms with Crippen LogP contribution in [-0.4, -0.2) is 24.5 Å². The number of Topliss-reactive ketones (excluding diaryl/α,β-unsaturated/α-hetero) is 1. The van der Waals surface area contributed by atoms with E-state index in [9.17, 15) is 4.79 Å². The van der Waals surface area contributed by atoms with Gasteiger partial charge in [-0.3, -0.25) is 4.79 Å². The van der Waals surface area contributed by atoms with Gasteiger partial charge in [0, 0.05) is 6.42 Å². The molecule has 1 fully saturated rings. The first-order valence-electron chi connectivity index (χ1n) is 4.85. The number of nitrogens with one attached hydrogen (secondary N) is 1. The third-order valence-electron chi connectivity index (χ3n) is 2.80. The Morgan fingerprint density at radius 3 is 3.08 bits per heavy atom. The highest BCUT2D eigenvalue weighted by molar-refractivity contribution is 6.01. The topological polar surface area (TPSA) is 38.3 Å². The molecular weight excluding hydrogens is 166 g/mol. The second-order valence-electron chi connectivity index (χ2n) is 3.90. The zero-order valence-electron chi connectivity index (χ0n) is 7.93. The van der Waals surface area contributed by atoms with Gasteiger partial charge in [0.15, 0.2) is 5.76 Å². The molecule has 1 unspecified atom stereocenters. The van der Waals surface area contributed by atoms with Gasteiger partial charge in [-0.2, -0.15) is 0 Å². The molecule has 2 aliphatic rings. The van der Waals surface area contributed by atoms with Gasteiger partial charge >= 0.3 is 0 Å². The van der Waals surface area contributed by atoms with Gasteiger partial charge in [-0.05, 0) is 32.4 Å². The normalized spacial score (nSPS) is 32.8. The standard InChI is InChI=1S/C10H15NO2/c1-10(5-3-6-11-10)9(12)8-4-2-7-13-8/h4,11H,2-3,5-7H2,1H3. The zero-order valence-corrected chi connectivity index (χ0v) is 7.93. The molecule has 1 saturated heterocycles. The minimum absolute atomic E-state index is 0.127. The second-order valence-corrected chi connectivity index (χ2v) is 3.90. The Labute approximate surface area is 78.1 Å². The SMILES string of the molecule is CC1(C(=O)C2=CCCO2)CCCN1. The molecule has 72 valence electrons. The lowest BCUT2D eigenvalue weighted by molar-refractivity contribution is -0.123. The molecule has 0 bridgehead atoms. The minimum atomic E-state index is -0.365. The first kappa shape index (κ1) is 8.75. The van der Waals surface area contributed by atoms with Crippen LogP contribution < -0.4 is 5.32 Å². The largest absolute Gasteiger partial charge is 0.490 e. The molecule has 13 heavy (non-hydrogen) atoms. The summed E-state index contributed by atoms with van der Waals surface area (Å²) in [5, 5.41) is 3.24. The highest BCUT2D eigenvalue weighted by atomic mass is 16.5. The summed E-state index contributed by atoms with van der Waals surface area (Å²) in [6.45, 7) is 3.57. The summed E-state index contributed by atoms with van der Waals surface area (Å²) in [5.41, 5.74) is -0.365. The summed E-state index contributed by atoms with van der Waals surface area (Å²) >= 11 is 0. The summed E-state index contributed by atoms with van der Waals surface area (Å²) in [6, 6.07) is 0. The number of rotatable bonds is 2. The van der Waals surface area contributed by atoms with Crippen LogP contribution in [0.25, 0.3) is 0 Å². The second kappa shape index (κ2) is 3.14. The van der Waals surface area contributed by atoms with Gasteiger partial charge in [-0.15, -0.1) is 0 Å². The van der Waals surface area contributed by atoms with Crippen LogP contribution in [0.1, 0.15) is 26.2 Å². The predicted octanol–water partition coefficient (Wildman–Crippen LogP) is 1.00. The predicted molar refractivity (Wildman–Crippen MR) is 49.3 cm³/mol. The zero-order chi connectivity index (χ0) is 9.31. The van der Waals surface area contributed by atoms with Crippen molar-refractivity contribution in [3.05, 3.63) is 11.8 Å². The van der Waals surface area contributed by atoms with Gasteiger partial charge in [0.25, 0.3) is 0 Å². The maximum absolute atomic E-state index is 11.9. The van der Waals surface area contributed by atoms with E-state index in [1.54, 1.807) is 0 Å². The van der Waals surface area contributed by atoms with E-state index in [4.69, 9.17) is 4.74 Å². The van der Waals surface area contributed by atoms with E-state index in [1.807, 2.05) is 13.0 Å². The molecule has 0 aromatic rings. The molecule has 0 aromatic heterocycles. The van der Waals surface area contributed by atoms with Gasteiger partial charge in [0.1, 0.15) is 0 Å². The summed E-state index contributed by atoms with van der Waals surface area (Å²) in [5.74, 6) is 0.694. The summed E-state index contributed by atoms with van der Waals surface area (Å²) in [7, 11) is 0. The van der Waals surface area contributed by atoms with Crippen molar-refractivity contribution in [2.75, 3.05) is 13.2 Å². The maximum Gasteiger partial charge on any atom is 0.216 e. The van der Waals surface area contributed by atoms with Crippen LogP contribution in [0.5, 0.6) is 0 Å². The van der Waals surface area contributed by atoms with Crippen LogP contribution in [0, 0.1) is 0 Å². The van der Waals surface area contributed by atoms with Crippen molar-refractivity contribution >= 4 is 5.78 Å². The van der Waals surface area contributed by atoms with Gasteiger partial charge in [0.05, 0.1) is 12.1 Å². The van der Waals surface area contributed by atoms with E-state index in [2.05, 4.69) is 5.32 Å². The first-order valence-corrected chi connectivity index (χ1v) is 4.85. The average molecular weight is 181 g/mol. The van der Waals surface area contributed by atoms with Crippen molar-refractivity contribution in [1.82, 2.24) is 5.32 Å². The Hall–Kier alpha value is -0.830. The molecule has 2 rings (SSSR count). The molecule has 0 saturated carbocycles. The summed E-state index contributed by atoms with van der Waals surface area (Å²) < 4.78 is 5.26. The van der Waals surface area contributed by atoms with Crippen LogP contribution >= 0.6 is 0 Å². The molecular formula is C10H15NO2. The molecule has 0 spiro atoms. The van der Waals surface area contributed by atoms with Crippen molar-refractivity contribution in [2.45, 2.75) is 31.7 Å². The lowest BCUT2D eigenvalue weighted by Gasteiger charge is -2.22. The molecule has 3 heteroatoms. The molecule has 1 atom stereocenters. The molecule has 0 amide bonds. The first-order chi connectivity index (χ1) is 6.22. The van der Waals surface area contributed by atoms with Crippen LogP contribution in [0.3, 0.4) is 0 Å². The van der Waals surface area contributed by atoms with Crippen molar-refractivity contribution < 1.29 is 9.53 Å². The number of hydrogen-bond acceptors (Lipinski definition) is 3. The van der Waals surface area contributed by atoms with Gasteiger partial charge in [-0.1, -0.05) is 0 Å². The van der Waals surface area contributed by atoms with E-state index in [0.717, 1.165) is 25.8 Å². The minimum Gasteiger partial charge on any atom is -0.490 e. The van der Waals surface area contributed by atoms with Crippen molar-refractivity contribution in [2.24, 2.45) is 0 Å². The Balaban J connectivity index is 2.11. The summed E-state index contributed by atoms with van der Waals surface area (Å²) in [4.78, 5) is 11.9. The van der Waals surface area contributed by atoms with Crippen molar-refractivity contribution in [3.8, 4) is 0 Å². The molecule has 2 aliphatic heterocycles. The van der Waals surface area contributed by atoms with E-state index in [-0.39, 0.29) is 11.3 Å². The van der Waals surface area contributed by atoms with Crippen molar-refractivity contribution in [1.29, 1.82) is 0 Å². The number of ketones is 1. The monoisotopic (exact) mass is 181 g/mol. The highest BCUT2D eigenvalue weighted by Crippen LogP contribution is 2.25. The fraction of sp³-hybridized carbons (Fsp3) is 0.700. The van der Waals surface area contributed by atoms with Gasteiger partial charge in [0.2, 0.25) is 5.78 Å². The average Bonchev–Trinajstić information content (AvgIpc) is 2.73. The van der Waals surface area contributed by atoms with Crippen LogP contribution in [0.15, 0.2) is 11.8 Å². The summed E-state index contributed by atoms with van der Waals surface area (Å²) in [6.07, 6.45) is 4.77. The number of ether oxygens (including phenoxy) is 1. The van der Waals surface area contributed by atoms with E-state index < -0.39 is 0 Å². The molecule has 3 nitrogen and oxygen atoms in total. The molecule has 0 radical (unpaired) electrons. The Kier molecular flexibility index (Phi) is 2.12. The fourth-order valence-corrected chi connectivity index (χ4v) is 1.94. The third-order valence-corrected chi connectivity index (χ3v) is 2.80. The third kappa shape index (κ3) is 1.48. The number of carbonyl (C=O) groups is 1. The van der Waals surface area contributed by atoms with Crippen LogP contribution in [0.4, 0.5) is 0 Å². The Bertz CT molecular complexity index is 252. The number of carbonyl (C=O) groups excluding carboxylic acids is 1. The number of hydrogen-bond donors (Lipinski definition) is 1. The molecule has 0 aromatic carbocycles. The molecule has 0 aliphatic carbocycles. The Morgan fingerprint density at radius 2 is 2.54 bits per heavy atom. The van der Waals surface area contributed by atoms with Crippen LogP contribution in [0.2, 0.25) is 0 Å². The quantitative estimate of drug-likeness (QED) is 0.690. The maximum atomic E-state index is 11.9. The van der Waals surface area contributed by atoms with Gasteiger partial charge < -0.3 is 10.1 Å². The molecule has 1 N–H and O–H groups in total. The van der Waals surface area contributed by atoms with Crippen LogP contribution in [-0.2, 0) is 9.53 Å². The van der Waals surface area contributed by atoms with E-state index in [1.165, 1.54) is 0 Å². The Morgan fingerprint density at radius 1 is 1.69 bits per heavy atom. The smallest absolute Gasteiger partial charge is 0.216 e. The van der Waals surface area contributed by atoms with Crippen molar-refractivity contribution in [3.63, 3.8) is 0 Å². The lowest BCUT2D eigenvalue weighted by Crippen LogP contribution is -2.45. The highest BCUT2D eigenvalue weighted by Gasteiger charge is 2.38. The lowest BCUT2D eigenvalue weighted by atomic mass is 9.93.